The van der Waals surface area contributed by atoms with Crippen LogP contribution in [0.1, 0.15) is 34.0 Å². The lowest BCUT2D eigenvalue weighted by molar-refractivity contribution is -0.134. The van der Waals surface area contributed by atoms with Gasteiger partial charge in [-0.15, -0.1) is 0 Å². The maximum absolute atomic E-state index is 13.0. The van der Waals surface area contributed by atoms with E-state index in [9.17, 15) is 18.0 Å². The molecule has 0 atom stereocenters. The molecule has 0 aromatic heterocycles. The zero-order chi connectivity index (χ0) is 24.7. The highest BCUT2D eigenvalue weighted by Gasteiger charge is 2.22. The number of sulfonamides is 1. The number of amides is 1. The molecule has 0 bridgehead atoms. The van der Waals surface area contributed by atoms with Gasteiger partial charge in [-0.2, -0.15) is 0 Å². The van der Waals surface area contributed by atoms with Crippen LogP contribution in [0.25, 0.3) is 0 Å². The second-order valence-electron chi connectivity index (χ2n) is 7.89. The zero-order valence-corrected chi connectivity index (χ0v) is 20.3. The van der Waals surface area contributed by atoms with Crippen LogP contribution in [-0.4, -0.2) is 38.3 Å². The smallest absolute Gasteiger partial charge is 0.340 e. The van der Waals surface area contributed by atoms with Crippen LogP contribution >= 0.6 is 0 Å². The molecule has 3 aromatic carbocycles. The van der Waals surface area contributed by atoms with Gasteiger partial charge in [0.1, 0.15) is 0 Å². The van der Waals surface area contributed by atoms with Crippen LogP contribution in [0.5, 0.6) is 0 Å². The highest BCUT2D eigenvalue weighted by Crippen LogP contribution is 2.23. The number of hydrogen-bond donors (Lipinski definition) is 1. The first-order valence-electron chi connectivity index (χ1n) is 10.9. The predicted molar refractivity (Wildman–Crippen MR) is 131 cm³/mol. The molecule has 0 aliphatic rings. The molecule has 0 saturated carbocycles. The van der Waals surface area contributed by atoms with E-state index in [0.717, 1.165) is 11.1 Å². The van der Waals surface area contributed by atoms with Crippen molar-refractivity contribution in [1.82, 2.24) is 4.90 Å². The Morgan fingerprint density at radius 3 is 2.32 bits per heavy atom. The van der Waals surface area contributed by atoms with Crippen molar-refractivity contribution >= 4 is 27.6 Å². The molecule has 8 heteroatoms. The minimum absolute atomic E-state index is 0.0234. The number of carbonyl (C=O) groups is 2. The summed E-state index contributed by atoms with van der Waals surface area (Å²) in [5.41, 5.74) is 2.46. The number of para-hydroxylation sites is 1. The molecule has 0 heterocycles. The van der Waals surface area contributed by atoms with Crippen LogP contribution in [0.15, 0.2) is 77.7 Å². The number of likely N-dealkylation sites (N-methyl/N-ethyl adjacent to an activating group) is 1. The van der Waals surface area contributed by atoms with E-state index in [-0.39, 0.29) is 22.1 Å². The Kier molecular flexibility index (Phi) is 8.07. The molecule has 34 heavy (non-hydrogen) atoms. The van der Waals surface area contributed by atoms with Gasteiger partial charge < -0.3 is 9.64 Å². The fourth-order valence-corrected chi connectivity index (χ4v) is 4.83. The summed E-state index contributed by atoms with van der Waals surface area (Å²) in [6.07, 6.45) is 0. The Morgan fingerprint density at radius 1 is 0.941 bits per heavy atom. The standard InChI is InChI=1S/C26H28N2O5S/c1-4-28(17-21-10-6-5-7-11-21)25(29)18-33-26(30)22-12-8-9-13-23(22)27-34(31,32)24-16-19(2)14-15-20(24)3/h5-16,27H,4,17-18H2,1-3H3. The first kappa shape index (κ1) is 25.0. The SMILES string of the molecule is CCN(Cc1ccccc1)C(=O)COC(=O)c1ccccc1NS(=O)(=O)c1cc(C)ccc1C. The van der Waals surface area contributed by atoms with Crippen LogP contribution < -0.4 is 4.72 Å². The molecule has 0 aliphatic heterocycles. The number of aryl methyl sites for hydroxylation is 2. The molecule has 0 saturated heterocycles. The topological polar surface area (TPSA) is 92.8 Å². The Morgan fingerprint density at radius 2 is 1.62 bits per heavy atom. The minimum atomic E-state index is -3.94. The highest BCUT2D eigenvalue weighted by molar-refractivity contribution is 7.92. The van der Waals surface area contributed by atoms with Crippen molar-refractivity contribution in [2.45, 2.75) is 32.2 Å². The molecular weight excluding hydrogens is 452 g/mol. The quantitative estimate of drug-likeness (QED) is 0.461. The van der Waals surface area contributed by atoms with Gasteiger partial charge in [-0.3, -0.25) is 9.52 Å². The lowest BCUT2D eigenvalue weighted by Crippen LogP contribution is -2.34. The number of hydrogen-bond acceptors (Lipinski definition) is 5. The van der Waals surface area contributed by atoms with Gasteiger partial charge in [0.15, 0.2) is 6.61 Å². The lowest BCUT2D eigenvalue weighted by atomic mass is 10.2. The minimum Gasteiger partial charge on any atom is -0.452 e. The van der Waals surface area contributed by atoms with E-state index in [1.807, 2.05) is 43.3 Å². The van der Waals surface area contributed by atoms with Gasteiger partial charge in [-0.05, 0) is 55.7 Å². The molecular formula is C26H28N2O5S. The second-order valence-corrected chi connectivity index (χ2v) is 9.54. The van der Waals surface area contributed by atoms with E-state index in [0.29, 0.717) is 18.7 Å². The average Bonchev–Trinajstić information content (AvgIpc) is 2.83. The van der Waals surface area contributed by atoms with Crippen LogP contribution in [-0.2, 0) is 26.1 Å². The van der Waals surface area contributed by atoms with Gasteiger partial charge in [0.2, 0.25) is 0 Å². The van der Waals surface area contributed by atoms with Gasteiger partial charge in [0, 0.05) is 13.1 Å². The lowest BCUT2D eigenvalue weighted by Gasteiger charge is -2.21. The van der Waals surface area contributed by atoms with Gasteiger partial charge >= 0.3 is 5.97 Å². The van der Waals surface area contributed by atoms with Gasteiger partial charge in [0.05, 0.1) is 16.1 Å². The van der Waals surface area contributed by atoms with Crippen molar-refractivity contribution in [3.05, 3.63) is 95.1 Å². The summed E-state index contributed by atoms with van der Waals surface area (Å²) in [7, 11) is -3.94. The summed E-state index contributed by atoms with van der Waals surface area (Å²) in [5, 5.41) is 0. The van der Waals surface area contributed by atoms with E-state index in [1.165, 1.54) is 12.1 Å². The van der Waals surface area contributed by atoms with E-state index >= 15 is 0 Å². The largest absolute Gasteiger partial charge is 0.452 e. The summed E-state index contributed by atoms with van der Waals surface area (Å²) in [5.74, 6) is -1.13. The summed E-state index contributed by atoms with van der Waals surface area (Å²) in [6, 6.07) is 20.8. The Labute approximate surface area is 200 Å². The molecule has 3 rings (SSSR count). The monoisotopic (exact) mass is 480 g/mol. The summed E-state index contributed by atoms with van der Waals surface area (Å²) in [6.45, 7) is 5.77. The Balaban J connectivity index is 1.71. The number of anilines is 1. The molecule has 0 radical (unpaired) electrons. The average molecular weight is 481 g/mol. The van der Waals surface area contributed by atoms with Crippen molar-refractivity contribution in [3.8, 4) is 0 Å². The zero-order valence-electron chi connectivity index (χ0n) is 19.4. The van der Waals surface area contributed by atoms with Crippen molar-refractivity contribution in [3.63, 3.8) is 0 Å². The third-order valence-electron chi connectivity index (χ3n) is 5.30. The fourth-order valence-electron chi connectivity index (χ4n) is 3.42. The fraction of sp³-hybridized carbons (Fsp3) is 0.231. The summed E-state index contributed by atoms with van der Waals surface area (Å²) >= 11 is 0. The van der Waals surface area contributed by atoms with Crippen LogP contribution in [0, 0.1) is 13.8 Å². The Bertz CT molecular complexity index is 1270. The Hall–Kier alpha value is -3.65. The number of rotatable bonds is 9. The molecule has 0 spiro atoms. The number of carbonyl (C=O) groups excluding carboxylic acids is 2. The first-order valence-corrected chi connectivity index (χ1v) is 12.4. The number of nitrogens with zero attached hydrogens (tertiary/aromatic N) is 1. The molecule has 178 valence electrons. The molecule has 0 aliphatic carbocycles. The molecule has 0 unspecified atom stereocenters. The van der Waals surface area contributed by atoms with Crippen LogP contribution in [0.4, 0.5) is 5.69 Å². The second kappa shape index (κ2) is 11.0. The maximum atomic E-state index is 13.0. The van der Waals surface area contributed by atoms with Crippen molar-refractivity contribution in [1.29, 1.82) is 0 Å². The molecule has 3 aromatic rings. The van der Waals surface area contributed by atoms with Gasteiger partial charge in [0.25, 0.3) is 15.9 Å². The molecule has 1 amide bonds. The van der Waals surface area contributed by atoms with E-state index < -0.39 is 22.6 Å². The van der Waals surface area contributed by atoms with E-state index in [4.69, 9.17) is 4.74 Å². The molecule has 0 fully saturated rings. The number of nitrogens with one attached hydrogen (secondary N) is 1. The normalized spacial score (nSPS) is 11.0. The third-order valence-corrected chi connectivity index (χ3v) is 6.81. The van der Waals surface area contributed by atoms with Gasteiger partial charge in [-0.1, -0.05) is 54.6 Å². The van der Waals surface area contributed by atoms with Crippen molar-refractivity contribution in [2.24, 2.45) is 0 Å². The van der Waals surface area contributed by atoms with E-state index in [2.05, 4.69) is 4.72 Å². The number of esters is 1. The van der Waals surface area contributed by atoms with Crippen LogP contribution in [0.2, 0.25) is 0 Å². The summed E-state index contributed by atoms with van der Waals surface area (Å²) in [4.78, 5) is 27.1. The highest BCUT2D eigenvalue weighted by atomic mass is 32.2. The van der Waals surface area contributed by atoms with Crippen molar-refractivity contribution < 1.29 is 22.7 Å². The van der Waals surface area contributed by atoms with E-state index in [1.54, 1.807) is 43.0 Å². The maximum Gasteiger partial charge on any atom is 0.340 e. The predicted octanol–water partition coefficient (Wildman–Crippen LogP) is 4.31. The van der Waals surface area contributed by atoms with Crippen LogP contribution in [0.3, 0.4) is 0 Å². The molecule has 1 N–H and O–H groups in total. The molecule has 7 nitrogen and oxygen atoms in total. The third kappa shape index (κ3) is 6.23. The number of benzene rings is 3. The van der Waals surface area contributed by atoms with Gasteiger partial charge in [-0.25, -0.2) is 13.2 Å². The van der Waals surface area contributed by atoms with Crippen molar-refractivity contribution in [2.75, 3.05) is 17.9 Å². The first-order chi connectivity index (χ1) is 16.2. The summed E-state index contributed by atoms with van der Waals surface area (Å²) < 4.78 is 33.7. The number of ether oxygens (including phenoxy) is 1.